The second-order valence-electron chi connectivity index (χ2n) is 4.60. The fourth-order valence-electron chi connectivity index (χ4n) is 2.20. The number of aryl methyl sites for hydroxylation is 1. The first-order chi connectivity index (χ1) is 9.65. The molecule has 0 atom stereocenters. The van der Waals surface area contributed by atoms with Crippen molar-refractivity contribution in [2.24, 2.45) is 0 Å². The topological polar surface area (TPSA) is 54.4 Å². The van der Waals surface area contributed by atoms with Crippen LogP contribution in [0.25, 0.3) is 22.3 Å². The van der Waals surface area contributed by atoms with Crippen LogP contribution in [0, 0.1) is 17.0 Å². The molecular weight excluding hydrogens is 290 g/mol. The van der Waals surface area contributed by atoms with Crippen molar-refractivity contribution in [1.29, 1.82) is 0 Å². The maximum atomic E-state index is 10.8. The Hall–Kier alpha value is -2.46. The van der Waals surface area contributed by atoms with Gasteiger partial charge < -0.3 is 12.4 Å². The molecule has 0 unspecified atom stereocenters. The zero-order valence-electron chi connectivity index (χ0n) is 11.2. The molecule has 4 nitrogen and oxygen atoms in total. The van der Waals surface area contributed by atoms with Crippen LogP contribution in [0.3, 0.4) is 0 Å². The van der Waals surface area contributed by atoms with Crippen molar-refractivity contribution in [2.75, 3.05) is 0 Å². The standard InChI is InChI=1S/C16H12NO3.ClH/c1-11-9-15(12-5-3-2-4-6-12)20-16-10-13(17(18)19)7-8-14(11)16;/h2-10H,1H3;1H/q+1;/p-1. The number of benzene rings is 2. The average Bonchev–Trinajstić information content (AvgIpc) is 2.47. The highest BCUT2D eigenvalue weighted by atomic mass is 35.5. The number of fused-ring (bicyclic) bond motifs is 1. The maximum absolute atomic E-state index is 10.8. The van der Waals surface area contributed by atoms with E-state index in [1.165, 1.54) is 12.1 Å². The van der Waals surface area contributed by atoms with Crippen LogP contribution < -0.4 is 12.4 Å². The fourth-order valence-corrected chi connectivity index (χ4v) is 2.20. The molecule has 0 aliphatic carbocycles. The lowest BCUT2D eigenvalue weighted by molar-refractivity contribution is -0.384. The second kappa shape index (κ2) is 5.89. The summed E-state index contributed by atoms with van der Waals surface area (Å²) in [6.45, 7) is 1.97. The number of hydrogen-bond donors (Lipinski definition) is 0. The van der Waals surface area contributed by atoms with Gasteiger partial charge in [-0.15, -0.1) is 0 Å². The Balaban J connectivity index is 0.00000161. The summed E-state index contributed by atoms with van der Waals surface area (Å²) in [6.07, 6.45) is 0. The molecule has 0 fully saturated rings. The van der Waals surface area contributed by atoms with Gasteiger partial charge in [-0.25, -0.2) is 4.42 Å². The Morgan fingerprint density at radius 3 is 2.43 bits per heavy atom. The third-order valence-electron chi connectivity index (χ3n) is 3.23. The molecule has 5 heteroatoms. The van der Waals surface area contributed by atoms with Gasteiger partial charge in [0.1, 0.15) is 6.07 Å². The summed E-state index contributed by atoms with van der Waals surface area (Å²) < 4.78 is 5.82. The van der Waals surface area contributed by atoms with Gasteiger partial charge in [-0.3, -0.25) is 10.1 Å². The molecule has 0 saturated carbocycles. The van der Waals surface area contributed by atoms with E-state index in [1.54, 1.807) is 6.07 Å². The molecule has 0 saturated heterocycles. The molecular formula is C16H12ClNO3. The molecule has 0 aliphatic rings. The van der Waals surface area contributed by atoms with Crippen LogP contribution in [0.5, 0.6) is 0 Å². The van der Waals surface area contributed by atoms with E-state index in [2.05, 4.69) is 0 Å². The van der Waals surface area contributed by atoms with Crippen LogP contribution in [-0.2, 0) is 0 Å². The number of nitrogens with zero attached hydrogens (tertiary/aromatic N) is 1. The third kappa shape index (κ3) is 2.85. The molecule has 3 rings (SSSR count). The lowest BCUT2D eigenvalue weighted by Gasteiger charge is -1.97. The van der Waals surface area contributed by atoms with E-state index in [9.17, 15) is 10.1 Å². The Bertz CT molecular complexity index is 803. The number of hydrogen-bond acceptors (Lipinski definition) is 2. The zero-order valence-corrected chi connectivity index (χ0v) is 12.0. The minimum Gasteiger partial charge on any atom is -1.00 e. The average molecular weight is 302 g/mol. The van der Waals surface area contributed by atoms with Crippen molar-refractivity contribution >= 4 is 16.7 Å². The predicted octanol–water partition coefficient (Wildman–Crippen LogP) is 1.60. The summed E-state index contributed by atoms with van der Waals surface area (Å²) in [4.78, 5) is 10.4. The van der Waals surface area contributed by atoms with E-state index in [0.717, 1.165) is 16.5 Å². The molecule has 1 aromatic heterocycles. The fraction of sp³-hybridized carbons (Fsp3) is 0.0625. The van der Waals surface area contributed by atoms with Gasteiger partial charge in [-0.2, -0.15) is 0 Å². The number of nitro groups is 1. The number of non-ortho nitro benzene ring substituents is 1. The monoisotopic (exact) mass is 301 g/mol. The van der Waals surface area contributed by atoms with Crippen LogP contribution in [0.2, 0.25) is 0 Å². The molecule has 3 aromatic rings. The molecule has 1 heterocycles. The third-order valence-corrected chi connectivity index (χ3v) is 3.23. The molecule has 0 radical (unpaired) electrons. The number of rotatable bonds is 2. The van der Waals surface area contributed by atoms with Gasteiger partial charge in [0, 0.05) is 12.1 Å². The Labute approximate surface area is 127 Å². The number of halogens is 1. The predicted molar refractivity (Wildman–Crippen MR) is 77.4 cm³/mol. The molecule has 0 bridgehead atoms. The number of nitro benzene ring substituents is 1. The summed E-state index contributed by atoms with van der Waals surface area (Å²) in [5, 5.41) is 11.7. The first-order valence-corrected chi connectivity index (χ1v) is 6.22. The molecule has 0 aliphatic heterocycles. The Kier molecular flexibility index (Phi) is 4.19. The summed E-state index contributed by atoms with van der Waals surface area (Å²) in [6, 6.07) is 16.3. The van der Waals surface area contributed by atoms with Gasteiger partial charge in [-0.1, -0.05) is 18.2 Å². The van der Waals surface area contributed by atoms with Crippen LogP contribution >= 0.6 is 0 Å². The normalized spacial score (nSPS) is 10.1. The van der Waals surface area contributed by atoms with Crippen LogP contribution in [0.4, 0.5) is 5.69 Å². The first-order valence-electron chi connectivity index (χ1n) is 6.22. The largest absolute Gasteiger partial charge is 1.00 e. The van der Waals surface area contributed by atoms with E-state index < -0.39 is 4.92 Å². The molecule has 0 N–H and O–H groups in total. The highest BCUT2D eigenvalue weighted by molar-refractivity contribution is 5.84. The van der Waals surface area contributed by atoms with Crippen molar-refractivity contribution in [1.82, 2.24) is 0 Å². The zero-order chi connectivity index (χ0) is 14.1. The minimum atomic E-state index is -0.417. The molecule has 0 amide bonds. The van der Waals surface area contributed by atoms with Crippen LogP contribution in [0.1, 0.15) is 5.56 Å². The SMILES string of the molecule is Cc1cc(-c2ccccc2)[o+]c2cc([N+](=O)[O-])ccc12.[Cl-]. The lowest BCUT2D eigenvalue weighted by atomic mass is 10.1. The molecule has 106 valence electrons. The summed E-state index contributed by atoms with van der Waals surface area (Å²) in [5.41, 5.74) is 2.54. The van der Waals surface area contributed by atoms with E-state index in [4.69, 9.17) is 4.42 Å². The highest BCUT2D eigenvalue weighted by Crippen LogP contribution is 2.29. The van der Waals surface area contributed by atoms with Gasteiger partial charge in [0.05, 0.1) is 15.9 Å². The highest BCUT2D eigenvalue weighted by Gasteiger charge is 2.20. The quantitative estimate of drug-likeness (QED) is 0.410. The van der Waals surface area contributed by atoms with Gasteiger partial charge in [-0.05, 0) is 30.7 Å². The Morgan fingerprint density at radius 2 is 1.76 bits per heavy atom. The maximum Gasteiger partial charge on any atom is 0.367 e. The smallest absolute Gasteiger partial charge is 0.367 e. The molecule has 0 spiro atoms. The van der Waals surface area contributed by atoms with Gasteiger partial charge >= 0.3 is 11.3 Å². The van der Waals surface area contributed by atoms with Gasteiger partial charge in [0.2, 0.25) is 0 Å². The van der Waals surface area contributed by atoms with E-state index in [-0.39, 0.29) is 18.1 Å². The van der Waals surface area contributed by atoms with E-state index in [1.807, 2.05) is 43.3 Å². The van der Waals surface area contributed by atoms with Crippen molar-refractivity contribution in [2.45, 2.75) is 6.92 Å². The van der Waals surface area contributed by atoms with Crippen molar-refractivity contribution in [3.05, 3.63) is 70.3 Å². The van der Waals surface area contributed by atoms with Crippen molar-refractivity contribution in [3.8, 4) is 11.3 Å². The van der Waals surface area contributed by atoms with Crippen LogP contribution in [0.15, 0.2) is 59.0 Å². The van der Waals surface area contributed by atoms with Crippen molar-refractivity contribution in [3.63, 3.8) is 0 Å². The van der Waals surface area contributed by atoms with Crippen molar-refractivity contribution < 1.29 is 21.7 Å². The Morgan fingerprint density at radius 1 is 1.05 bits per heavy atom. The minimum absolute atomic E-state index is 0. The summed E-state index contributed by atoms with van der Waals surface area (Å²) in [7, 11) is 0. The molecule has 21 heavy (non-hydrogen) atoms. The summed E-state index contributed by atoms with van der Waals surface area (Å²) in [5.74, 6) is 0.705. The molecule has 2 aromatic carbocycles. The lowest BCUT2D eigenvalue weighted by Crippen LogP contribution is -3.00. The first kappa shape index (κ1) is 14.9. The van der Waals surface area contributed by atoms with E-state index >= 15 is 0 Å². The van der Waals surface area contributed by atoms with Crippen LogP contribution in [-0.4, -0.2) is 4.92 Å². The second-order valence-corrected chi connectivity index (χ2v) is 4.60. The van der Waals surface area contributed by atoms with Gasteiger partial charge in [0.15, 0.2) is 0 Å². The van der Waals surface area contributed by atoms with E-state index in [0.29, 0.717) is 11.3 Å². The summed E-state index contributed by atoms with van der Waals surface area (Å²) >= 11 is 0. The van der Waals surface area contributed by atoms with Gasteiger partial charge in [0.25, 0.3) is 5.69 Å².